The number of thiophene rings is 1. The van der Waals surface area contributed by atoms with Crippen LogP contribution in [0.5, 0.6) is 0 Å². The van der Waals surface area contributed by atoms with Crippen LogP contribution in [0.15, 0.2) is 34.2 Å². The number of pyridine rings is 1. The zero-order chi connectivity index (χ0) is 12.3. The molecule has 0 unspecified atom stereocenters. The predicted octanol–water partition coefficient (Wildman–Crippen LogP) is 3.17. The summed E-state index contributed by atoms with van der Waals surface area (Å²) >= 11 is 5.27. The van der Waals surface area contributed by atoms with Crippen molar-refractivity contribution in [2.75, 3.05) is 24.2 Å². The quantitative estimate of drug-likeness (QED) is 0.943. The summed E-state index contributed by atoms with van der Waals surface area (Å²) in [4.78, 5) is 7.86. The van der Waals surface area contributed by atoms with Crippen LogP contribution in [-0.2, 0) is 6.42 Å². The van der Waals surface area contributed by atoms with Crippen LogP contribution in [0, 0.1) is 0 Å². The van der Waals surface area contributed by atoms with Gasteiger partial charge in [-0.3, -0.25) is 0 Å². The Bertz CT molecular complexity index is 485. The molecule has 2 aromatic rings. The lowest BCUT2D eigenvalue weighted by Crippen LogP contribution is -2.21. The smallest absolute Gasteiger partial charge is 0.142 e. The van der Waals surface area contributed by atoms with Crippen LogP contribution in [0.2, 0.25) is 0 Å². The summed E-state index contributed by atoms with van der Waals surface area (Å²) in [6, 6.07) is 6.12. The van der Waals surface area contributed by atoms with Crippen molar-refractivity contribution in [2.45, 2.75) is 6.42 Å². The van der Waals surface area contributed by atoms with Gasteiger partial charge in [0.25, 0.3) is 0 Å². The third-order valence-electron chi connectivity index (χ3n) is 2.48. The largest absolute Gasteiger partial charge is 0.397 e. The van der Waals surface area contributed by atoms with Gasteiger partial charge >= 0.3 is 0 Å². The fraction of sp³-hybridized carbons (Fsp3) is 0.250. The van der Waals surface area contributed by atoms with Crippen molar-refractivity contribution in [3.63, 3.8) is 0 Å². The van der Waals surface area contributed by atoms with Gasteiger partial charge in [-0.25, -0.2) is 4.98 Å². The number of nitrogens with zero attached hydrogens (tertiary/aromatic N) is 2. The zero-order valence-corrected chi connectivity index (χ0v) is 12.0. The number of rotatable bonds is 4. The predicted molar refractivity (Wildman–Crippen MR) is 77.6 cm³/mol. The van der Waals surface area contributed by atoms with E-state index in [1.54, 1.807) is 17.5 Å². The van der Waals surface area contributed by atoms with E-state index in [1.165, 1.54) is 4.88 Å². The fourth-order valence-electron chi connectivity index (χ4n) is 1.57. The van der Waals surface area contributed by atoms with Crippen LogP contribution in [0.3, 0.4) is 0 Å². The highest BCUT2D eigenvalue weighted by Gasteiger charge is 2.07. The van der Waals surface area contributed by atoms with Gasteiger partial charge in [0, 0.05) is 18.5 Å². The number of nitrogens with two attached hydrogens (primary N) is 1. The molecule has 0 atom stereocenters. The van der Waals surface area contributed by atoms with E-state index in [4.69, 9.17) is 5.73 Å². The fourth-order valence-corrected chi connectivity index (χ4v) is 2.93. The van der Waals surface area contributed by atoms with Gasteiger partial charge < -0.3 is 10.6 Å². The van der Waals surface area contributed by atoms with E-state index in [0.717, 1.165) is 23.3 Å². The minimum atomic E-state index is 0.673. The number of halogens is 1. The molecule has 0 aliphatic heterocycles. The molecular formula is C12H14BrN3S. The van der Waals surface area contributed by atoms with E-state index in [2.05, 4.69) is 43.3 Å². The summed E-state index contributed by atoms with van der Waals surface area (Å²) in [6.45, 7) is 0.941. The Morgan fingerprint density at radius 3 is 3.00 bits per heavy atom. The monoisotopic (exact) mass is 311 g/mol. The van der Waals surface area contributed by atoms with Crippen molar-refractivity contribution in [1.29, 1.82) is 0 Å². The van der Waals surface area contributed by atoms with Gasteiger partial charge in [-0.15, -0.1) is 11.3 Å². The standard InChI is InChI=1S/C12H14BrN3S/c1-16(5-4-10-3-2-6-17-10)12-11(13)7-9(14)8-15-12/h2-3,6-8H,4-5,14H2,1H3. The summed E-state index contributed by atoms with van der Waals surface area (Å²) in [6.07, 6.45) is 2.72. The van der Waals surface area contributed by atoms with E-state index in [9.17, 15) is 0 Å². The highest BCUT2D eigenvalue weighted by molar-refractivity contribution is 9.10. The minimum Gasteiger partial charge on any atom is -0.397 e. The second-order valence-corrected chi connectivity index (χ2v) is 5.71. The maximum Gasteiger partial charge on any atom is 0.142 e. The highest BCUT2D eigenvalue weighted by Crippen LogP contribution is 2.24. The Labute approximate surface area is 113 Å². The molecule has 0 bridgehead atoms. The maximum atomic E-state index is 5.67. The topological polar surface area (TPSA) is 42.2 Å². The van der Waals surface area contributed by atoms with Gasteiger partial charge in [0.05, 0.1) is 16.4 Å². The van der Waals surface area contributed by atoms with Crippen LogP contribution < -0.4 is 10.6 Å². The molecule has 0 amide bonds. The van der Waals surface area contributed by atoms with Crippen molar-refractivity contribution >= 4 is 38.8 Å². The Kier molecular flexibility index (Phi) is 4.02. The molecule has 90 valence electrons. The van der Waals surface area contributed by atoms with Crippen LogP contribution >= 0.6 is 27.3 Å². The molecule has 0 aliphatic carbocycles. The summed E-state index contributed by atoms with van der Waals surface area (Å²) in [5.41, 5.74) is 6.34. The molecule has 0 saturated carbocycles. The molecule has 2 heterocycles. The van der Waals surface area contributed by atoms with Crippen LogP contribution in [0.1, 0.15) is 4.88 Å². The summed E-state index contributed by atoms with van der Waals surface area (Å²) in [5.74, 6) is 0.927. The first-order valence-corrected chi connectivity index (χ1v) is 6.98. The Hall–Kier alpha value is -1.07. The second kappa shape index (κ2) is 5.51. The van der Waals surface area contributed by atoms with E-state index in [0.29, 0.717) is 5.69 Å². The number of anilines is 2. The zero-order valence-electron chi connectivity index (χ0n) is 9.56. The third-order valence-corrected chi connectivity index (χ3v) is 4.00. The Morgan fingerprint density at radius 2 is 2.35 bits per heavy atom. The average Bonchev–Trinajstić information content (AvgIpc) is 2.78. The lowest BCUT2D eigenvalue weighted by molar-refractivity contribution is 0.866. The van der Waals surface area contributed by atoms with E-state index >= 15 is 0 Å². The van der Waals surface area contributed by atoms with Gasteiger partial charge in [-0.05, 0) is 39.9 Å². The molecule has 0 fully saturated rings. The molecule has 2 N–H and O–H groups in total. The van der Waals surface area contributed by atoms with Crippen molar-refractivity contribution in [3.8, 4) is 0 Å². The molecule has 0 aliphatic rings. The summed E-state index contributed by atoms with van der Waals surface area (Å²) in [5, 5.41) is 2.10. The van der Waals surface area contributed by atoms with E-state index in [-0.39, 0.29) is 0 Å². The van der Waals surface area contributed by atoms with Gasteiger partial charge in [0.1, 0.15) is 5.82 Å². The molecule has 17 heavy (non-hydrogen) atoms. The molecule has 5 heteroatoms. The van der Waals surface area contributed by atoms with Crippen LogP contribution in [-0.4, -0.2) is 18.6 Å². The maximum absolute atomic E-state index is 5.67. The molecule has 0 aromatic carbocycles. The molecule has 0 radical (unpaired) electrons. The molecule has 3 nitrogen and oxygen atoms in total. The SMILES string of the molecule is CN(CCc1cccs1)c1ncc(N)cc1Br. The normalized spacial score (nSPS) is 10.5. The summed E-state index contributed by atoms with van der Waals surface area (Å²) in [7, 11) is 2.04. The van der Waals surface area contributed by atoms with Crippen molar-refractivity contribution in [1.82, 2.24) is 4.98 Å². The average molecular weight is 312 g/mol. The molecule has 2 rings (SSSR count). The van der Waals surface area contributed by atoms with Crippen molar-refractivity contribution < 1.29 is 0 Å². The van der Waals surface area contributed by atoms with Crippen LogP contribution in [0.4, 0.5) is 11.5 Å². The molecular weight excluding hydrogens is 298 g/mol. The number of hydrogen-bond donors (Lipinski definition) is 1. The van der Waals surface area contributed by atoms with Gasteiger partial charge in [-0.2, -0.15) is 0 Å². The Morgan fingerprint density at radius 1 is 1.53 bits per heavy atom. The first-order chi connectivity index (χ1) is 8.16. The minimum absolute atomic E-state index is 0.673. The molecule has 0 saturated heterocycles. The van der Waals surface area contributed by atoms with Crippen LogP contribution in [0.25, 0.3) is 0 Å². The first kappa shape index (κ1) is 12.4. The molecule has 0 spiro atoms. The van der Waals surface area contributed by atoms with Crippen molar-refractivity contribution in [3.05, 3.63) is 39.1 Å². The first-order valence-electron chi connectivity index (χ1n) is 5.31. The van der Waals surface area contributed by atoms with E-state index < -0.39 is 0 Å². The third kappa shape index (κ3) is 3.20. The van der Waals surface area contributed by atoms with Gasteiger partial charge in [-0.1, -0.05) is 6.07 Å². The number of aromatic nitrogens is 1. The van der Waals surface area contributed by atoms with Crippen molar-refractivity contribution in [2.24, 2.45) is 0 Å². The lowest BCUT2D eigenvalue weighted by atomic mass is 10.3. The van der Waals surface area contributed by atoms with E-state index in [1.807, 2.05) is 13.1 Å². The Balaban J connectivity index is 2.01. The summed E-state index contributed by atoms with van der Waals surface area (Å²) < 4.78 is 0.936. The molecule has 2 aromatic heterocycles. The highest BCUT2D eigenvalue weighted by atomic mass is 79.9. The number of nitrogen functional groups attached to an aromatic ring is 1. The lowest BCUT2D eigenvalue weighted by Gasteiger charge is -2.19. The number of likely N-dealkylation sites (N-methyl/N-ethyl adjacent to an activating group) is 1. The van der Waals surface area contributed by atoms with Gasteiger partial charge in [0.2, 0.25) is 0 Å². The van der Waals surface area contributed by atoms with Gasteiger partial charge in [0.15, 0.2) is 0 Å². The number of hydrogen-bond acceptors (Lipinski definition) is 4. The second-order valence-electron chi connectivity index (χ2n) is 3.82.